The summed E-state index contributed by atoms with van der Waals surface area (Å²) >= 11 is 0. The maximum atomic E-state index is 12.4. The Hall–Kier alpha value is -4.12. The fourth-order valence-electron chi connectivity index (χ4n) is 5.01. The van der Waals surface area contributed by atoms with Crippen LogP contribution in [0.15, 0.2) is 121 Å². The molecule has 0 aliphatic rings. The number of carbonyl (C=O) groups excluding carboxylic acids is 2. The molecule has 47 heavy (non-hydrogen) atoms. The average molecular weight is 659 g/mol. The van der Waals surface area contributed by atoms with E-state index in [0.717, 1.165) is 0 Å². The van der Waals surface area contributed by atoms with Gasteiger partial charge in [0.25, 0.3) is 8.32 Å². The fraction of sp³-hybridized carbons (Fsp3) is 0.316. The van der Waals surface area contributed by atoms with Crippen molar-refractivity contribution in [3.05, 3.63) is 132 Å². The summed E-state index contributed by atoms with van der Waals surface area (Å²) in [6.45, 7) is 7.04. The van der Waals surface area contributed by atoms with Crippen molar-refractivity contribution in [3.8, 4) is 0 Å². The Morgan fingerprint density at radius 2 is 0.957 bits per heavy atom. The molecule has 0 saturated heterocycles. The first kappa shape index (κ1) is 37.3. The van der Waals surface area contributed by atoms with E-state index in [0.29, 0.717) is 17.7 Å². The monoisotopic (exact) mass is 658 g/mol. The van der Waals surface area contributed by atoms with E-state index in [4.69, 9.17) is 28.5 Å². The zero-order valence-corrected chi connectivity index (χ0v) is 28.8. The van der Waals surface area contributed by atoms with Gasteiger partial charge in [0.05, 0.1) is 24.3 Å². The molecule has 9 heteroatoms. The van der Waals surface area contributed by atoms with Gasteiger partial charge >= 0.3 is 11.9 Å². The van der Waals surface area contributed by atoms with Gasteiger partial charge in [0.1, 0.15) is 25.4 Å². The first-order valence-corrected chi connectivity index (χ1v) is 17.4. The highest BCUT2D eigenvalue weighted by Gasteiger charge is 2.50. The number of aliphatic hydroxyl groups excluding tert-OH is 1. The molecule has 0 fully saturated rings. The van der Waals surface area contributed by atoms with E-state index in [1.54, 1.807) is 43.5 Å². The zero-order valence-electron chi connectivity index (χ0n) is 27.8. The normalized spacial score (nSPS) is 12.6. The van der Waals surface area contributed by atoms with Crippen LogP contribution in [0.2, 0.25) is 5.04 Å². The summed E-state index contributed by atoms with van der Waals surface area (Å²) in [6.07, 6.45) is -0.832. The summed E-state index contributed by atoms with van der Waals surface area (Å²) in [5, 5.41) is 11.1. The summed E-state index contributed by atoms with van der Waals surface area (Å²) in [5.74, 6) is -0.774. The van der Waals surface area contributed by atoms with E-state index in [2.05, 4.69) is 69.3 Å². The van der Waals surface area contributed by atoms with Crippen LogP contribution in [0, 0.1) is 0 Å². The molecule has 0 aromatic heterocycles. The summed E-state index contributed by atoms with van der Waals surface area (Å²) in [4.78, 5) is 23.8. The highest BCUT2D eigenvalue weighted by molar-refractivity contribution is 6.99. The topological polar surface area (TPSA) is 101 Å². The predicted octanol–water partition coefficient (Wildman–Crippen LogP) is 5.29. The Morgan fingerprint density at radius 3 is 1.30 bits per heavy atom. The molecule has 0 bridgehead atoms. The summed E-state index contributed by atoms with van der Waals surface area (Å²) in [6, 6.07) is 38.6. The van der Waals surface area contributed by atoms with E-state index in [1.807, 2.05) is 36.4 Å². The van der Waals surface area contributed by atoms with E-state index in [9.17, 15) is 9.59 Å². The van der Waals surface area contributed by atoms with Crippen LogP contribution in [0.5, 0.6) is 0 Å². The van der Waals surface area contributed by atoms with Crippen molar-refractivity contribution >= 4 is 30.6 Å². The molecule has 0 aliphatic heterocycles. The quantitative estimate of drug-likeness (QED) is 0.144. The molecule has 4 aromatic rings. The van der Waals surface area contributed by atoms with Crippen LogP contribution < -0.4 is 10.4 Å². The van der Waals surface area contributed by atoms with Gasteiger partial charge in [0.15, 0.2) is 0 Å². The smallest absolute Gasteiger partial charge is 0.338 e. The molecule has 8 nitrogen and oxygen atoms in total. The molecule has 0 spiro atoms. The second-order valence-corrected chi connectivity index (χ2v) is 16.1. The molecular formula is C38H46O8Si. The van der Waals surface area contributed by atoms with Crippen molar-refractivity contribution in [2.45, 2.75) is 38.0 Å². The summed E-state index contributed by atoms with van der Waals surface area (Å²) in [5.41, 5.74) is 1.01. The lowest BCUT2D eigenvalue weighted by Gasteiger charge is -2.43. The van der Waals surface area contributed by atoms with Gasteiger partial charge in [-0.05, 0) is 39.7 Å². The van der Waals surface area contributed by atoms with Gasteiger partial charge in [0.2, 0.25) is 0 Å². The number of methoxy groups -OCH3 is 2. The zero-order chi connectivity index (χ0) is 34.1. The number of hydrogen-bond donors (Lipinski definition) is 1. The molecule has 4 rings (SSSR count). The molecule has 0 amide bonds. The van der Waals surface area contributed by atoms with Crippen molar-refractivity contribution in [3.63, 3.8) is 0 Å². The van der Waals surface area contributed by atoms with Crippen LogP contribution in [0.25, 0.3) is 0 Å². The van der Waals surface area contributed by atoms with Crippen LogP contribution >= 0.6 is 0 Å². The molecule has 1 N–H and O–H groups in total. The van der Waals surface area contributed by atoms with E-state index < -0.39 is 20.4 Å². The predicted molar refractivity (Wildman–Crippen MR) is 186 cm³/mol. The number of carbonyl (C=O) groups is 2. The molecule has 2 unspecified atom stereocenters. The van der Waals surface area contributed by atoms with Gasteiger partial charge < -0.3 is 28.5 Å². The number of rotatable bonds is 14. The molecule has 2 atom stereocenters. The standard InChI is InChI=1S/C27H32O4Si.C11H14O4/c1-27(2,3)32(24-16-10-6-11-17-24,25-18-12-7-13-19-25)31-21-23(29-4)20-30-26(28)22-14-8-5-9-15-22;1-14-10(7-12)8-15-11(13)9-5-3-2-4-6-9/h5-19,23H,20-21H2,1-4H3;2-6,10,12H,7-8H2,1H3. The molecule has 0 radical (unpaired) electrons. The maximum Gasteiger partial charge on any atom is 0.338 e. The Kier molecular flexibility index (Phi) is 15.0. The van der Waals surface area contributed by atoms with Gasteiger partial charge in [0, 0.05) is 14.2 Å². The number of benzene rings is 4. The van der Waals surface area contributed by atoms with E-state index in [-0.39, 0.29) is 36.9 Å². The minimum Gasteiger partial charge on any atom is -0.459 e. The number of hydrogen-bond acceptors (Lipinski definition) is 8. The lowest BCUT2D eigenvalue weighted by molar-refractivity contribution is -0.0107. The second-order valence-electron chi connectivity index (χ2n) is 11.8. The molecule has 0 aliphatic carbocycles. The Labute approximate surface area is 279 Å². The van der Waals surface area contributed by atoms with Crippen LogP contribution in [-0.2, 0) is 23.4 Å². The van der Waals surface area contributed by atoms with Gasteiger partial charge in [-0.15, -0.1) is 0 Å². The SMILES string of the molecule is COC(CO)COC(=O)c1ccccc1.COC(COC(=O)c1ccccc1)CO[Si](c1ccccc1)(c1ccccc1)C(C)(C)C. The first-order chi connectivity index (χ1) is 22.7. The van der Waals surface area contributed by atoms with Gasteiger partial charge in [-0.1, -0.05) is 118 Å². The van der Waals surface area contributed by atoms with Crippen molar-refractivity contribution in [2.75, 3.05) is 40.6 Å². The molecule has 0 saturated carbocycles. The van der Waals surface area contributed by atoms with Crippen LogP contribution in [0.1, 0.15) is 41.5 Å². The molecule has 250 valence electrons. The number of aliphatic hydroxyl groups is 1. The van der Waals surface area contributed by atoms with Crippen molar-refractivity contribution in [2.24, 2.45) is 0 Å². The highest BCUT2D eigenvalue weighted by atomic mass is 28.4. The Morgan fingerprint density at radius 1 is 0.596 bits per heavy atom. The third-order valence-electron chi connectivity index (χ3n) is 7.59. The number of esters is 2. The van der Waals surface area contributed by atoms with Gasteiger partial charge in [-0.3, -0.25) is 0 Å². The second kappa shape index (κ2) is 18.9. The maximum absolute atomic E-state index is 12.4. The van der Waals surface area contributed by atoms with Crippen LogP contribution in [0.4, 0.5) is 0 Å². The number of ether oxygens (including phenoxy) is 4. The lowest BCUT2D eigenvalue weighted by Crippen LogP contribution is -2.67. The third kappa shape index (κ3) is 10.7. The Balaban J connectivity index is 0.000000335. The molecule has 4 aromatic carbocycles. The highest BCUT2D eigenvalue weighted by Crippen LogP contribution is 2.36. The minimum absolute atomic E-state index is 0.0563. The summed E-state index contributed by atoms with van der Waals surface area (Å²) < 4.78 is 27.8. The molecule has 0 heterocycles. The average Bonchev–Trinajstić information content (AvgIpc) is 3.11. The Bertz CT molecular complexity index is 1420. The third-order valence-corrected chi connectivity index (χ3v) is 12.6. The van der Waals surface area contributed by atoms with Crippen molar-refractivity contribution in [1.82, 2.24) is 0 Å². The fourth-order valence-corrected chi connectivity index (χ4v) is 9.60. The summed E-state index contributed by atoms with van der Waals surface area (Å²) in [7, 11) is 0.407. The van der Waals surface area contributed by atoms with Crippen LogP contribution in [0.3, 0.4) is 0 Å². The first-order valence-electron chi connectivity index (χ1n) is 15.5. The van der Waals surface area contributed by atoms with Gasteiger partial charge in [-0.2, -0.15) is 0 Å². The van der Waals surface area contributed by atoms with Crippen molar-refractivity contribution < 1.29 is 38.1 Å². The van der Waals surface area contributed by atoms with Gasteiger partial charge in [-0.25, -0.2) is 9.59 Å². The lowest BCUT2D eigenvalue weighted by atomic mass is 10.2. The minimum atomic E-state index is -2.67. The van der Waals surface area contributed by atoms with E-state index in [1.165, 1.54) is 17.5 Å². The molecular weight excluding hydrogens is 612 g/mol. The van der Waals surface area contributed by atoms with Crippen molar-refractivity contribution in [1.29, 1.82) is 0 Å². The van der Waals surface area contributed by atoms with E-state index >= 15 is 0 Å². The largest absolute Gasteiger partial charge is 0.459 e. The van der Waals surface area contributed by atoms with Crippen LogP contribution in [-0.4, -0.2) is 78.2 Å².